The Bertz CT molecular complexity index is 586. The summed E-state index contributed by atoms with van der Waals surface area (Å²) in [6.45, 7) is 3.81. The highest BCUT2D eigenvalue weighted by Crippen LogP contribution is 2.22. The van der Waals surface area contributed by atoms with Gasteiger partial charge in [0, 0.05) is 31.6 Å². The molecule has 1 N–H and O–H groups in total. The van der Waals surface area contributed by atoms with Gasteiger partial charge in [0.25, 0.3) is 0 Å². The Balaban J connectivity index is 1.83. The van der Waals surface area contributed by atoms with E-state index in [4.69, 9.17) is 0 Å². The summed E-state index contributed by atoms with van der Waals surface area (Å²) < 4.78 is 22.7. The quantitative estimate of drug-likeness (QED) is 0.883. The van der Waals surface area contributed by atoms with Crippen molar-refractivity contribution < 1.29 is 13.2 Å². The van der Waals surface area contributed by atoms with Crippen LogP contribution < -0.4 is 10.2 Å². The lowest BCUT2D eigenvalue weighted by atomic mass is 10.1. The maximum absolute atomic E-state index is 11.8. The predicted octanol–water partition coefficient (Wildman–Crippen LogP) is 1.06. The number of nitrogens with zero attached hydrogens (tertiary/aromatic N) is 1. The Morgan fingerprint density at radius 3 is 2.67 bits per heavy atom. The van der Waals surface area contributed by atoms with E-state index in [1.165, 1.54) is 12.6 Å². The zero-order valence-electron chi connectivity index (χ0n) is 12.5. The minimum absolute atomic E-state index is 0.362. The molecule has 0 aliphatic carbocycles. The lowest BCUT2D eigenvalue weighted by Gasteiger charge is -2.19. The standard InChI is InChI=1S/C15H22N2O3S/c1-12(21(2,19)20)15(18)16-10-13-8-9-17(11-13)14-6-4-3-5-7-14/h3-7,12-13H,8-11H2,1-2H3,(H,16,18)/t12-,13+/m0/s1. The molecule has 1 aliphatic heterocycles. The normalized spacial score (nSPS) is 20.3. The van der Waals surface area contributed by atoms with Crippen LogP contribution in [0.2, 0.25) is 0 Å². The number of carbonyl (C=O) groups is 1. The summed E-state index contributed by atoms with van der Waals surface area (Å²) in [6, 6.07) is 10.2. The molecule has 0 saturated carbocycles. The van der Waals surface area contributed by atoms with Gasteiger partial charge in [-0.1, -0.05) is 18.2 Å². The zero-order chi connectivity index (χ0) is 15.5. The van der Waals surface area contributed by atoms with Crippen molar-refractivity contribution in [2.24, 2.45) is 5.92 Å². The molecule has 5 nitrogen and oxygen atoms in total. The molecule has 1 heterocycles. The number of rotatable bonds is 5. The van der Waals surface area contributed by atoms with Crippen LogP contribution in [0.4, 0.5) is 5.69 Å². The first-order valence-corrected chi connectivity index (χ1v) is 9.10. The van der Waals surface area contributed by atoms with E-state index >= 15 is 0 Å². The van der Waals surface area contributed by atoms with Crippen molar-refractivity contribution in [3.05, 3.63) is 30.3 Å². The Morgan fingerprint density at radius 1 is 1.38 bits per heavy atom. The summed E-state index contributed by atoms with van der Waals surface area (Å²) in [5.41, 5.74) is 1.19. The topological polar surface area (TPSA) is 66.5 Å². The number of hydrogen-bond donors (Lipinski definition) is 1. The van der Waals surface area contributed by atoms with Gasteiger partial charge in [-0.3, -0.25) is 4.79 Å². The fourth-order valence-corrected chi connectivity index (χ4v) is 2.93. The minimum atomic E-state index is -3.32. The molecule has 6 heteroatoms. The average Bonchev–Trinajstić information content (AvgIpc) is 2.93. The van der Waals surface area contributed by atoms with Gasteiger partial charge in [0.15, 0.2) is 9.84 Å². The summed E-state index contributed by atoms with van der Waals surface area (Å²) >= 11 is 0. The smallest absolute Gasteiger partial charge is 0.238 e. The third-order valence-electron chi connectivity index (χ3n) is 3.98. The lowest BCUT2D eigenvalue weighted by molar-refractivity contribution is -0.120. The number of amides is 1. The molecule has 2 rings (SSSR count). The van der Waals surface area contributed by atoms with Crippen LogP contribution in [0, 0.1) is 5.92 Å². The van der Waals surface area contributed by atoms with Gasteiger partial charge < -0.3 is 10.2 Å². The number of carbonyl (C=O) groups excluding carboxylic acids is 1. The molecule has 1 aromatic rings. The van der Waals surface area contributed by atoms with E-state index < -0.39 is 21.0 Å². The van der Waals surface area contributed by atoms with Crippen LogP contribution in [0.25, 0.3) is 0 Å². The first-order valence-electron chi connectivity index (χ1n) is 7.14. The van der Waals surface area contributed by atoms with Crippen molar-refractivity contribution in [2.75, 3.05) is 30.8 Å². The van der Waals surface area contributed by atoms with Crippen LogP contribution in [-0.4, -0.2) is 45.5 Å². The second-order valence-corrected chi connectivity index (χ2v) is 8.02. The Hall–Kier alpha value is -1.56. The highest BCUT2D eigenvalue weighted by Gasteiger charge is 2.26. The Labute approximate surface area is 126 Å². The first-order chi connectivity index (χ1) is 9.88. The molecular formula is C15H22N2O3S. The summed E-state index contributed by atoms with van der Waals surface area (Å²) in [4.78, 5) is 14.1. The molecule has 1 fully saturated rings. The molecule has 0 aromatic heterocycles. The van der Waals surface area contributed by atoms with E-state index in [2.05, 4.69) is 22.3 Å². The zero-order valence-corrected chi connectivity index (χ0v) is 13.3. The summed E-state index contributed by atoms with van der Waals surface area (Å²) in [5, 5.41) is 1.78. The van der Waals surface area contributed by atoms with Gasteiger partial charge in [0.1, 0.15) is 5.25 Å². The van der Waals surface area contributed by atoms with E-state index in [-0.39, 0.29) is 0 Å². The maximum Gasteiger partial charge on any atom is 0.238 e. The van der Waals surface area contributed by atoms with Crippen molar-refractivity contribution in [2.45, 2.75) is 18.6 Å². The highest BCUT2D eigenvalue weighted by molar-refractivity contribution is 7.92. The fourth-order valence-electron chi connectivity index (χ4n) is 2.46. The van der Waals surface area contributed by atoms with Gasteiger partial charge in [-0.15, -0.1) is 0 Å². The molecule has 1 aromatic carbocycles. The molecular weight excluding hydrogens is 288 g/mol. The number of sulfone groups is 1. The van der Waals surface area contributed by atoms with Gasteiger partial charge in [-0.2, -0.15) is 0 Å². The highest BCUT2D eigenvalue weighted by atomic mass is 32.2. The van der Waals surface area contributed by atoms with Crippen LogP contribution in [0.5, 0.6) is 0 Å². The second kappa shape index (κ2) is 6.47. The number of hydrogen-bond acceptors (Lipinski definition) is 4. The maximum atomic E-state index is 11.8. The van der Waals surface area contributed by atoms with Crippen molar-refractivity contribution in [3.63, 3.8) is 0 Å². The van der Waals surface area contributed by atoms with E-state index in [0.29, 0.717) is 12.5 Å². The van der Waals surface area contributed by atoms with Crippen LogP contribution in [0.3, 0.4) is 0 Å². The molecule has 116 valence electrons. The third kappa shape index (κ3) is 4.20. The summed E-state index contributed by atoms with van der Waals surface area (Å²) in [6.07, 6.45) is 2.09. The van der Waals surface area contributed by atoms with E-state index in [9.17, 15) is 13.2 Å². The van der Waals surface area contributed by atoms with Crippen molar-refractivity contribution in [1.82, 2.24) is 5.32 Å². The lowest BCUT2D eigenvalue weighted by Crippen LogP contribution is -2.40. The first kappa shape index (κ1) is 15.8. The predicted molar refractivity (Wildman–Crippen MR) is 84.1 cm³/mol. The second-order valence-electron chi connectivity index (χ2n) is 5.65. The largest absolute Gasteiger partial charge is 0.371 e. The average molecular weight is 310 g/mol. The Kier molecular flexibility index (Phi) is 4.88. The van der Waals surface area contributed by atoms with Gasteiger partial charge in [0.2, 0.25) is 5.91 Å². The minimum Gasteiger partial charge on any atom is -0.371 e. The molecule has 2 atom stereocenters. The fraction of sp³-hybridized carbons (Fsp3) is 0.533. The van der Waals surface area contributed by atoms with E-state index in [0.717, 1.165) is 25.8 Å². The van der Waals surface area contributed by atoms with Gasteiger partial charge in [0.05, 0.1) is 0 Å². The summed E-state index contributed by atoms with van der Waals surface area (Å²) in [5.74, 6) is -0.0448. The number of para-hydroxylation sites is 1. The van der Waals surface area contributed by atoms with Gasteiger partial charge >= 0.3 is 0 Å². The van der Waals surface area contributed by atoms with Crippen LogP contribution in [0.15, 0.2) is 30.3 Å². The van der Waals surface area contributed by atoms with Crippen LogP contribution >= 0.6 is 0 Å². The van der Waals surface area contributed by atoms with Gasteiger partial charge in [-0.25, -0.2) is 8.42 Å². The van der Waals surface area contributed by atoms with Crippen LogP contribution in [-0.2, 0) is 14.6 Å². The van der Waals surface area contributed by atoms with E-state index in [1.54, 1.807) is 0 Å². The Morgan fingerprint density at radius 2 is 2.05 bits per heavy atom. The monoisotopic (exact) mass is 310 g/mol. The van der Waals surface area contributed by atoms with Crippen molar-refractivity contribution in [1.29, 1.82) is 0 Å². The molecule has 1 aliphatic rings. The summed E-state index contributed by atoms with van der Waals surface area (Å²) in [7, 11) is -3.32. The number of nitrogens with one attached hydrogen (secondary N) is 1. The third-order valence-corrected chi connectivity index (χ3v) is 5.48. The molecule has 1 saturated heterocycles. The van der Waals surface area contributed by atoms with Crippen molar-refractivity contribution in [3.8, 4) is 0 Å². The molecule has 21 heavy (non-hydrogen) atoms. The number of benzene rings is 1. The molecule has 0 unspecified atom stereocenters. The SMILES string of the molecule is C[C@@H](C(=O)NC[C@H]1CCN(c2ccccc2)C1)S(C)(=O)=O. The van der Waals surface area contributed by atoms with E-state index in [1.807, 2.05) is 18.2 Å². The molecule has 0 spiro atoms. The molecule has 1 amide bonds. The molecule has 0 radical (unpaired) electrons. The van der Waals surface area contributed by atoms with Gasteiger partial charge in [-0.05, 0) is 31.4 Å². The number of anilines is 1. The van der Waals surface area contributed by atoms with Crippen molar-refractivity contribution >= 4 is 21.4 Å². The molecule has 0 bridgehead atoms. The van der Waals surface area contributed by atoms with Crippen LogP contribution in [0.1, 0.15) is 13.3 Å².